The van der Waals surface area contributed by atoms with E-state index in [0.29, 0.717) is 5.92 Å². The van der Waals surface area contributed by atoms with Crippen LogP contribution in [-0.2, 0) is 9.53 Å². The molecule has 0 aliphatic heterocycles. The Balaban J connectivity index is 1.59. The van der Waals surface area contributed by atoms with Crippen molar-refractivity contribution in [2.24, 2.45) is 23.7 Å². The molecule has 0 aromatic heterocycles. The van der Waals surface area contributed by atoms with E-state index in [-0.39, 0.29) is 33.8 Å². The van der Waals surface area contributed by atoms with Gasteiger partial charge in [-0.2, -0.15) is 0 Å². The van der Waals surface area contributed by atoms with E-state index < -0.39 is 11.2 Å². The quantitative estimate of drug-likeness (QED) is 0.358. The third-order valence-corrected chi connectivity index (χ3v) is 9.39. The first-order chi connectivity index (χ1) is 12.4. The molecule has 6 atom stereocenters. The summed E-state index contributed by atoms with van der Waals surface area (Å²) in [6, 6.07) is 0. The van der Waals surface area contributed by atoms with Crippen LogP contribution < -0.4 is 0 Å². The van der Waals surface area contributed by atoms with Crippen LogP contribution in [0.4, 0.5) is 0 Å². The van der Waals surface area contributed by atoms with Gasteiger partial charge < -0.3 is 14.9 Å². The molecule has 4 fully saturated rings. The minimum atomic E-state index is -0.665. The van der Waals surface area contributed by atoms with Crippen LogP contribution in [-0.4, -0.2) is 37.4 Å². The zero-order valence-electron chi connectivity index (χ0n) is 15.8. The molecule has 0 radical (unpaired) electrons. The summed E-state index contributed by atoms with van der Waals surface area (Å²) in [5, 5.41) is 22.9. The fourth-order valence-corrected chi connectivity index (χ4v) is 7.12. The van der Waals surface area contributed by atoms with Gasteiger partial charge >= 0.3 is 5.97 Å². The Morgan fingerprint density at radius 2 is 1.58 bits per heavy atom. The highest BCUT2D eigenvalue weighted by molar-refractivity contribution is 14.1. The van der Waals surface area contributed by atoms with Gasteiger partial charge in [-0.15, -0.1) is 0 Å². The van der Waals surface area contributed by atoms with Crippen LogP contribution in [0, 0.1) is 23.7 Å². The Morgan fingerprint density at radius 1 is 1.04 bits per heavy atom. The highest BCUT2D eigenvalue weighted by Crippen LogP contribution is 2.64. The van der Waals surface area contributed by atoms with Gasteiger partial charge in [0.2, 0.25) is 0 Å². The number of fused-ring (bicyclic) bond motifs is 2. The van der Waals surface area contributed by atoms with Crippen molar-refractivity contribution in [2.75, 3.05) is 0 Å². The molecule has 0 spiro atoms. The molecule has 5 heteroatoms. The number of ether oxygens (including phenoxy) is 1. The zero-order valence-corrected chi connectivity index (χ0v) is 18.0. The standard InChI is InChI=1S/C21H33IO4/c1-2-15(22)19(23)26-16-12-13-11-14(16)18(21(25)9-5-6-10-21)17(13)20(24)7-3-4-8-20/h13-18,24-25H,2-12H2,1H3. The van der Waals surface area contributed by atoms with E-state index in [9.17, 15) is 15.0 Å². The molecular formula is C21H33IO4. The first-order valence-electron chi connectivity index (χ1n) is 10.7. The van der Waals surface area contributed by atoms with E-state index in [1.807, 2.05) is 6.92 Å². The van der Waals surface area contributed by atoms with E-state index in [2.05, 4.69) is 22.6 Å². The molecule has 0 heterocycles. The van der Waals surface area contributed by atoms with Gasteiger partial charge in [-0.25, -0.2) is 0 Å². The molecule has 4 aliphatic rings. The Bertz CT molecular complexity index is 538. The number of carbonyl (C=O) groups is 1. The normalized spacial score (nSPS) is 41.5. The molecule has 6 unspecified atom stereocenters. The third kappa shape index (κ3) is 3.14. The molecule has 0 amide bonds. The summed E-state index contributed by atoms with van der Waals surface area (Å²) in [4.78, 5) is 12.4. The van der Waals surface area contributed by atoms with Gasteiger partial charge in [0, 0.05) is 5.92 Å². The van der Waals surface area contributed by atoms with E-state index in [0.717, 1.165) is 70.6 Å². The van der Waals surface area contributed by atoms with Gasteiger partial charge in [0.1, 0.15) is 10.0 Å². The lowest BCUT2D eigenvalue weighted by Crippen LogP contribution is -2.54. The summed E-state index contributed by atoms with van der Waals surface area (Å²) in [6.07, 6.45) is 10.4. The molecule has 4 aliphatic carbocycles. The summed E-state index contributed by atoms with van der Waals surface area (Å²) >= 11 is 2.17. The molecule has 2 bridgehead atoms. The second-order valence-electron chi connectivity index (χ2n) is 9.42. The second kappa shape index (κ2) is 7.18. The Hall–Kier alpha value is 0.120. The number of alkyl halides is 1. The maximum atomic E-state index is 12.4. The minimum Gasteiger partial charge on any atom is -0.461 e. The molecule has 0 aromatic rings. The summed E-state index contributed by atoms with van der Waals surface area (Å²) < 4.78 is 5.85. The molecule has 0 aromatic carbocycles. The van der Waals surface area contributed by atoms with Gasteiger partial charge in [0.05, 0.1) is 11.2 Å². The average Bonchev–Trinajstić information content (AvgIpc) is 3.38. The van der Waals surface area contributed by atoms with Gasteiger partial charge in [-0.1, -0.05) is 55.2 Å². The van der Waals surface area contributed by atoms with Gasteiger partial charge in [0.25, 0.3) is 0 Å². The first kappa shape index (κ1) is 19.4. The maximum Gasteiger partial charge on any atom is 0.319 e. The first-order valence-corrected chi connectivity index (χ1v) is 11.9. The lowest BCUT2D eigenvalue weighted by Gasteiger charge is -2.48. The largest absolute Gasteiger partial charge is 0.461 e. The van der Waals surface area contributed by atoms with Crippen molar-refractivity contribution in [3.63, 3.8) is 0 Å². The van der Waals surface area contributed by atoms with Crippen molar-refractivity contribution in [3.05, 3.63) is 0 Å². The van der Waals surface area contributed by atoms with Gasteiger partial charge in [-0.05, 0) is 62.7 Å². The summed E-state index contributed by atoms with van der Waals surface area (Å²) in [6.45, 7) is 2.01. The number of esters is 1. The van der Waals surface area contributed by atoms with E-state index in [1.54, 1.807) is 0 Å². The summed E-state index contributed by atoms with van der Waals surface area (Å²) in [5.41, 5.74) is -1.27. The number of hydrogen-bond acceptors (Lipinski definition) is 4. The average molecular weight is 476 g/mol. The Morgan fingerprint density at radius 3 is 2.12 bits per heavy atom. The predicted molar refractivity (Wildman–Crippen MR) is 108 cm³/mol. The Labute approximate surface area is 170 Å². The SMILES string of the molecule is CCC(I)C(=O)OC1CC2CC1C(C1(O)CCCC1)C2C1(O)CCCC1. The van der Waals surface area contributed by atoms with Crippen molar-refractivity contribution < 1.29 is 19.7 Å². The molecule has 26 heavy (non-hydrogen) atoms. The molecule has 4 saturated carbocycles. The Kier molecular flexibility index (Phi) is 5.37. The van der Waals surface area contributed by atoms with Gasteiger partial charge in [0.15, 0.2) is 0 Å². The zero-order chi connectivity index (χ0) is 18.5. The highest BCUT2D eigenvalue weighted by Gasteiger charge is 2.65. The lowest BCUT2D eigenvalue weighted by molar-refractivity contribution is -0.168. The topological polar surface area (TPSA) is 66.8 Å². The van der Waals surface area contributed by atoms with Crippen molar-refractivity contribution in [1.29, 1.82) is 0 Å². The fraction of sp³-hybridized carbons (Fsp3) is 0.952. The van der Waals surface area contributed by atoms with Crippen molar-refractivity contribution in [3.8, 4) is 0 Å². The van der Waals surface area contributed by atoms with Crippen molar-refractivity contribution in [1.82, 2.24) is 0 Å². The summed E-state index contributed by atoms with van der Waals surface area (Å²) in [5.74, 6) is 0.805. The second-order valence-corrected chi connectivity index (χ2v) is 10.9. The number of carbonyl (C=O) groups excluding carboxylic acids is 1. The molecule has 2 N–H and O–H groups in total. The molecule has 0 saturated heterocycles. The molecular weight excluding hydrogens is 443 g/mol. The van der Waals surface area contributed by atoms with Gasteiger partial charge in [-0.3, -0.25) is 4.79 Å². The minimum absolute atomic E-state index is 0.0628. The van der Waals surface area contributed by atoms with Crippen LogP contribution in [0.15, 0.2) is 0 Å². The summed E-state index contributed by atoms with van der Waals surface area (Å²) in [7, 11) is 0. The number of aliphatic hydroxyl groups is 2. The van der Waals surface area contributed by atoms with E-state index >= 15 is 0 Å². The maximum absolute atomic E-state index is 12.4. The van der Waals surface area contributed by atoms with Crippen LogP contribution in [0.2, 0.25) is 0 Å². The number of rotatable bonds is 5. The van der Waals surface area contributed by atoms with Crippen LogP contribution >= 0.6 is 22.6 Å². The van der Waals surface area contributed by atoms with E-state index in [1.165, 1.54) is 0 Å². The van der Waals surface area contributed by atoms with Crippen molar-refractivity contribution in [2.45, 2.75) is 98.8 Å². The van der Waals surface area contributed by atoms with Crippen LogP contribution in [0.1, 0.15) is 77.6 Å². The monoisotopic (exact) mass is 476 g/mol. The van der Waals surface area contributed by atoms with Crippen LogP contribution in [0.3, 0.4) is 0 Å². The van der Waals surface area contributed by atoms with Crippen molar-refractivity contribution >= 4 is 28.6 Å². The number of halogens is 1. The fourth-order valence-electron chi connectivity index (χ4n) is 6.97. The molecule has 148 valence electrons. The molecule has 4 rings (SSSR count). The van der Waals surface area contributed by atoms with Crippen LogP contribution in [0.5, 0.6) is 0 Å². The third-order valence-electron chi connectivity index (χ3n) is 8.00. The lowest BCUT2D eigenvalue weighted by atomic mass is 9.62. The molecule has 4 nitrogen and oxygen atoms in total. The van der Waals surface area contributed by atoms with Crippen LogP contribution in [0.25, 0.3) is 0 Å². The number of hydrogen-bond donors (Lipinski definition) is 2. The highest BCUT2D eigenvalue weighted by atomic mass is 127. The predicted octanol–water partition coefficient (Wildman–Crippen LogP) is 3.99. The smallest absolute Gasteiger partial charge is 0.319 e. The van der Waals surface area contributed by atoms with E-state index in [4.69, 9.17) is 4.74 Å².